The third-order valence-electron chi connectivity index (χ3n) is 3.12. The SMILES string of the molecule is CCCC(C)CCCCOC(=O)c1ccccc1. The molecule has 0 N–H and O–H groups in total. The molecular formula is C16H24O2. The highest BCUT2D eigenvalue weighted by molar-refractivity contribution is 5.89. The topological polar surface area (TPSA) is 26.3 Å². The molecule has 100 valence electrons. The van der Waals surface area contributed by atoms with E-state index in [0.717, 1.165) is 18.8 Å². The highest BCUT2D eigenvalue weighted by Crippen LogP contribution is 2.13. The summed E-state index contributed by atoms with van der Waals surface area (Å²) in [6.45, 7) is 5.05. The molecule has 0 radical (unpaired) electrons. The summed E-state index contributed by atoms with van der Waals surface area (Å²) in [5.41, 5.74) is 0.636. The Balaban J connectivity index is 2.10. The van der Waals surface area contributed by atoms with Gasteiger partial charge in [0.1, 0.15) is 0 Å². The van der Waals surface area contributed by atoms with Gasteiger partial charge in [0.25, 0.3) is 0 Å². The van der Waals surface area contributed by atoms with Gasteiger partial charge in [-0.05, 0) is 30.9 Å². The van der Waals surface area contributed by atoms with E-state index in [0.29, 0.717) is 12.2 Å². The summed E-state index contributed by atoms with van der Waals surface area (Å²) in [5.74, 6) is 0.581. The number of rotatable bonds is 8. The van der Waals surface area contributed by atoms with Crippen molar-refractivity contribution in [1.82, 2.24) is 0 Å². The van der Waals surface area contributed by atoms with Crippen LogP contribution in [0.4, 0.5) is 0 Å². The van der Waals surface area contributed by atoms with Crippen LogP contribution in [-0.2, 0) is 4.74 Å². The Kier molecular flexibility index (Phi) is 7.16. The zero-order valence-electron chi connectivity index (χ0n) is 11.5. The normalized spacial score (nSPS) is 12.1. The standard InChI is InChI=1S/C16H24O2/c1-3-9-14(2)10-7-8-13-18-16(17)15-11-5-4-6-12-15/h4-6,11-12,14H,3,7-10,13H2,1-2H3. The van der Waals surface area contributed by atoms with E-state index in [1.165, 1.54) is 19.3 Å². The Morgan fingerprint density at radius 1 is 1.17 bits per heavy atom. The number of carbonyl (C=O) groups excluding carboxylic acids is 1. The maximum absolute atomic E-state index is 11.6. The monoisotopic (exact) mass is 248 g/mol. The summed E-state index contributed by atoms with van der Waals surface area (Å²) in [4.78, 5) is 11.6. The van der Waals surface area contributed by atoms with Gasteiger partial charge in [-0.15, -0.1) is 0 Å². The molecule has 1 aromatic carbocycles. The Morgan fingerprint density at radius 3 is 2.56 bits per heavy atom. The lowest BCUT2D eigenvalue weighted by Gasteiger charge is -2.09. The zero-order valence-corrected chi connectivity index (χ0v) is 11.5. The van der Waals surface area contributed by atoms with Gasteiger partial charge in [-0.3, -0.25) is 0 Å². The average molecular weight is 248 g/mol. The lowest BCUT2D eigenvalue weighted by atomic mass is 9.99. The summed E-state index contributed by atoms with van der Waals surface area (Å²) >= 11 is 0. The summed E-state index contributed by atoms with van der Waals surface area (Å²) in [6, 6.07) is 9.16. The molecule has 1 aromatic rings. The number of ether oxygens (including phenoxy) is 1. The van der Waals surface area contributed by atoms with Gasteiger partial charge < -0.3 is 4.74 Å². The number of benzene rings is 1. The van der Waals surface area contributed by atoms with Gasteiger partial charge in [0.05, 0.1) is 12.2 Å². The first-order chi connectivity index (χ1) is 8.74. The molecule has 0 heterocycles. The second-order valence-corrected chi connectivity index (χ2v) is 4.89. The van der Waals surface area contributed by atoms with Gasteiger partial charge >= 0.3 is 5.97 Å². The zero-order chi connectivity index (χ0) is 13.2. The molecule has 0 amide bonds. The smallest absolute Gasteiger partial charge is 0.338 e. The van der Waals surface area contributed by atoms with Crippen molar-refractivity contribution in [2.75, 3.05) is 6.61 Å². The number of hydrogen-bond donors (Lipinski definition) is 0. The van der Waals surface area contributed by atoms with Crippen LogP contribution in [0.3, 0.4) is 0 Å². The van der Waals surface area contributed by atoms with Crippen LogP contribution in [-0.4, -0.2) is 12.6 Å². The first kappa shape index (κ1) is 14.7. The maximum atomic E-state index is 11.6. The van der Waals surface area contributed by atoms with Gasteiger partial charge in [0.2, 0.25) is 0 Å². The average Bonchev–Trinajstić information content (AvgIpc) is 2.39. The Hall–Kier alpha value is -1.31. The van der Waals surface area contributed by atoms with E-state index >= 15 is 0 Å². The van der Waals surface area contributed by atoms with Crippen molar-refractivity contribution >= 4 is 5.97 Å². The summed E-state index contributed by atoms with van der Waals surface area (Å²) in [7, 11) is 0. The molecule has 0 aliphatic rings. The number of carbonyl (C=O) groups is 1. The van der Waals surface area contributed by atoms with E-state index in [1.54, 1.807) is 12.1 Å². The highest BCUT2D eigenvalue weighted by atomic mass is 16.5. The molecule has 0 aliphatic carbocycles. The molecule has 0 bridgehead atoms. The minimum Gasteiger partial charge on any atom is -0.462 e. The van der Waals surface area contributed by atoms with Crippen LogP contribution in [0.1, 0.15) is 56.3 Å². The Labute approximate surface area is 110 Å². The molecule has 18 heavy (non-hydrogen) atoms. The molecule has 1 atom stereocenters. The van der Waals surface area contributed by atoms with Crippen LogP contribution in [0.15, 0.2) is 30.3 Å². The quantitative estimate of drug-likeness (QED) is 0.502. The Bertz CT molecular complexity index is 332. The minimum atomic E-state index is -0.211. The number of hydrogen-bond acceptors (Lipinski definition) is 2. The fraction of sp³-hybridized carbons (Fsp3) is 0.562. The minimum absolute atomic E-state index is 0.211. The molecule has 0 spiro atoms. The maximum Gasteiger partial charge on any atom is 0.338 e. The van der Waals surface area contributed by atoms with Crippen molar-refractivity contribution in [3.8, 4) is 0 Å². The van der Waals surface area contributed by atoms with E-state index in [1.807, 2.05) is 18.2 Å². The second kappa shape index (κ2) is 8.73. The highest BCUT2D eigenvalue weighted by Gasteiger charge is 2.05. The van der Waals surface area contributed by atoms with E-state index < -0.39 is 0 Å². The van der Waals surface area contributed by atoms with Crippen LogP contribution in [0.2, 0.25) is 0 Å². The van der Waals surface area contributed by atoms with Crippen molar-refractivity contribution < 1.29 is 9.53 Å². The summed E-state index contributed by atoms with van der Waals surface area (Å²) in [5, 5.41) is 0. The van der Waals surface area contributed by atoms with Crippen LogP contribution < -0.4 is 0 Å². The number of unbranched alkanes of at least 4 members (excludes halogenated alkanes) is 1. The van der Waals surface area contributed by atoms with Crippen LogP contribution in [0, 0.1) is 5.92 Å². The predicted molar refractivity (Wildman–Crippen MR) is 74.6 cm³/mol. The molecule has 0 aliphatic heterocycles. The van der Waals surface area contributed by atoms with E-state index in [2.05, 4.69) is 13.8 Å². The second-order valence-electron chi connectivity index (χ2n) is 4.89. The largest absolute Gasteiger partial charge is 0.462 e. The van der Waals surface area contributed by atoms with Crippen molar-refractivity contribution in [3.05, 3.63) is 35.9 Å². The van der Waals surface area contributed by atoms with Crippen LogP contribution >= 0.6 is 0 Å². The van der Waals surface area contributed by atoms with Gasteiger partial charge in [0.15, 0.2) is 0 Å². The first-order valence-electron chi connectivity index (χ1n) is 6.96. The molecule has 1 unspecified atom stereocenters. The number of esters is 1. The summed E-state index contributed by atoms with van der Waals surface area (Å²) in [6.07, 6.45) is 5.89. The first-order valence-corrected chi connectivity index (χ1v) is 6.96. The van der Waals surface area contributed by atoms with Crippen LogP contribution in [0.5, 0.6) is 0 Å². The van der Waals surface area contributed by atoms with Crippen molar-refractivity contribution in [2.45, 2.75) is 46.0 Å². The molecular weight excluding hydrogens is 224 g/mol. The third kappa shape index (κ3) is 5.85. The van der Waals surface area contributed by atoms with Crippen molar-refractivity contribution in [2.24, 2.45) is 5.92 Å². The van der Waals surface area contributed by atoms with Crippen molar-refractivity contribution in [1.29, 1.82) is 0 Å². The molecule has 0 fully saturated rings. The van der Waals surface area contributed by atoms with Gasteiger partial charge in [-0.25, -0.2) is 4.79 Å². The van der Waals surface area contributed by atoms with Crippen molar-refractivity contribution in [3.63, 3.8) is 0 Å². The molecule has 0 aromatic heterocycles. The lowest BCUT2D eigenvalue weighted by Crippen LogP contribution is -2.06. The van der Waals surface area contributed by atoms with Gasteiger partial charge in [0, 0.05) is 0 Å². The lowest BCUT2D eigenvalue weighted by molar-refractivity contribution is 0.0497. The molecule has 1 rings (SSSR count). The molecule has 2 heteroatoms. The van der Waals surface area contributed by atoms with E-state index in [-0.39, 0.29) is 5.97 Å². The third-order valence-corrected chi connectivity index (χ3v) is 3.12. The van der Waals surface area contributed by atoms with Gasteiger partial charge in [-0.2, -0.15) is 0 Å². The van der Waals surface area contributed by atoms with E-state index in [9.17, 15) is 4.79 Å². The fourth-order valence-electron chi connectivity index (χ4n) is 2.05. The van der Waals surface area contributed by atoms with Gasteiger partial charge in [-0.1, -0.05) is 51.3 Å². The predicted octanol–water partition coefficient (Wildman–Crippen LogP) is 4.45. The Morgan fingerprint density at radius 2 is 1.89 bits per heavy atom. The fourth-order valence-corrected chi connectivity index (χ4v) is 2.05. The summed E-state index contributed by atoms with van der Waals surface area (Å²) < 4.78 is 5.23. The molecule has 0 saturated carbocycles. The molecule has 0 saturated heterocycles. The van der Waals surface area contributed by atoms with Crippen LogP contribution in [0.25, 0.3) is 0 Å². The van der Waals surface area contributed by atoms with E-state index in [4.69, 9.17) is 4.74 Å². The molecule has 2 nitrogen and oxygen atoms in total.